The minimum Gasteiger partial charge on any atom is -0.550 e. The normalized spacial score (nSPS) is 16.5. The number of rotatable bonds is 7. The van der Waals surface area contributed by atoms with Gasteiger partial charge >= 0.3 is 0 Å². The van der Waals surface area contributed by atoms with E-state index in [2.05, 4.69) is 0 Å². The first-order valence-electron chi connectivity index (χ1n) is 7.08. The van der Waals surface area contributed by atoms with Crippen LogP contribution in [0.15, 0.2) is 35.2 Å². The predicted octanol–water partition coefficient (Wildman–Crippen LogP) is 2.20. The molecule has 0 spiro atoms. The molecule has 1 aliphatic heterocycles. The van der Waals surface area contributed by atoms with Crippen molar-refractivity contribution in [1.29, 1.82) is 0 Å². The highest BCUT2D eigenvalue weighted by Gasteiger charge is 2.31. The molecule has 1 heterocycles. The Morgan fingerprint density at radius 3 is 2.64 bits per heavy atom. The zero-order valence-corrected chi connectivity index (χ0v) is 13.6. The van der Waals surface area contributed by atoms with Gasteiger partial charge in [0, 0.05) is 12.5 Å². The summed E-state index contributed by atoms with van der Waals surface area (Å²) >= 11 is 6.56. The predicted molar refractivity (Wildman–Crippen MR) is 89.8 cm³/mol. The Balaban J connectivity index is 1.89. The minimum atomic E-state index is -1.03. The Morgan fingerprint density at radius 2 is 1.95 bits per heavy atom. The summed E-state index contributed by atoms with van der Waals surface area (Å²) in [5.41, 5.74) is 0.969. The molecule has 1 aliphatic rings. The van der Waals surface area contributed by atoms with Crippen molar-refractivity contribution in [1.82, 2.24) is 4.90 Å². The zero-order chi connectivity index (χ0) is 15.9. The quantitative estimate of drug-likeness (QED) is 0.435. The first kappa shape index (κ1) is 16.7. The molecule has 0 atom stereocenters. The lowest BCUT2D eigenvalue weighted by Gasteiger charge is -2.14. The number of carboxylic acid groups (broad SMARTS) is 1. The van der Waals surface area contributed by atoms with E-state index in [0.29, 0.717) is 22.2 Å². The molecule has 2 rings (SSSR count). The first-order valence-corrected chi connectivity index (χ1v) is 8.30. The van der Waals surface area contributed by atoms with Crippen LogP contribution in [0.4, 0.5) is 0 Å². The summed E-state index contributed by atoms with van der Waals surface area (Å²) < 4.78 is 0.562. The number of unbranched alkanes of at least 4 members (excludes halogenated alkanes) is 2. The Bertz CT molecular complexity index is 599. The van der Waals surface area contributed by atoms with Crippen molar-refractivity contribution in [3.63, 3.8) is 0 Å². The highest BCUT2D eigenvalue weighted by atomic mass is 32.2. The minimum absolute atomic E-state index is 0.0618. The van der Waals surface area contributed by atoms with E-state index in [9.17, 15) is 14.7 Å². The van der Waals surface area contributed by atoms with Crippen molar-refractivity contribution in [2.45, 2.75) is 25.7 Å². The van der Waals surface area contributed by atoms with Crippen LogP contribution in [0.5, 0.6) is 0 Å². The van der Waals surface area contributed by atoms with Crippen molar-refractivity contribution in [3.8, 4) is 0 Å². The van der Waals surface area contributed by atoms with Gasteiger partial charge in [-0.1, -0.05) is 60.7 Å². The number of carbonyl (C=O) groups excluding carboxylic acids is 2. The third-order valence-electron chi connectivity index (χ3n) is 3.23. The lowest BCUT2D eigenvalue weighted by Crippen LogP contribution is -2.29. The van der Waals surface area contributed by atoms with Crippen LogP contribution in [-0.4, -0.2) is 27.6 Å². The van der Waals surface area contributed by atoms with Crippen LogP contribution in [0.3, 0.4) is 0 Å². The van der Waals surface area contributed by atoms with Gasteiger partial charge < -0.3 is 9.90 Å². The fraction of sp³-hybridized carbons (Fsp3) is 0.312. The van der Waals surface area contributed by atoms with Crippen LogP contribution in [0.1, 0.15) is 31.2 Å². The molecule has 1 fully saturated rings. The third kappa shape index (κ3) is 4.68. The van der Waals surface area contributed by atoms with Crippen LogP contribution in [0.2, 0.25) is 0 Å². The molecule has 0 bridgehead atoms. The molecule has 0 radical (unpaired) electrons. The van der Waals surface area contributed by atoms with Crippen molar-refractivity contribution in [2.75, 3.05) is 6.54 Å². The molecule has 1 aromatic rings. The number of carboxylic acids is 1. The second-order valence-electron chi connectivity index (χ2n) is 4.93. The molecule has 116 valence electrons. The van der Waals surface area contributed by atoms with Gasteiger partial charge in [-0.05, 0) is 30.9 Å². The van der Waals surface area contributed by atoms with Crippen LogP contribution < -0.4 is 5.11 Å². The molecular formula is C16H16NO3S2-. The summed E-state index contributed by atoms with van der Waals surface area (Å²) in [5.74, 6) is -1.10. The van der Waals surface area contributed by atoms with Crippen molar-refractivity contribution in [3.05, 3.63) is 40.8 Å². The average Bonchev–Trinajstić information content (AvgIpc) is 2.75. The topological polar surface area (TPSA) is 60.4 Å². The van der Waals surface area contributed by atoms with Crippen molar-refractivity contribution < 1.29 is 14.7 Å². The van der Waals surface area contributed by atoms with E-state index in [4.69, 9.17) is 12.2 Å². The maximum Gasteiger partial charge on any atom is 0.266 e. The van der Waals surface area contributed by atoms with Gasteiger partial charge in [-0.15, -0.1) is 0 Å². The van der Waals surface area contributed by atoms with E-state index < -0.39 is 5.97 Å². The number of thiocarbonyl (C=S) groups is 1. The summed E-state index contributed by atoms with van der Waals surface area (Å²) in [6, 6.07) is 9.64. The van der Waals surface area contributed by atoms with E-state index >= 15 is 0 Å². The van der Waals surface area contributed by atoms with Crippen LogP contribution in [0.25, 0.3) is 6.08 Å². The standard InChI is InChI=1S/C16H17NO3S2/c18-14(19)9-5-2-6-10-17-15(20)13(22-16(17)21)11-12-7-3-1-4-8-12/h1,3-4,7-8,11H,2,5-6,9-10H2,(H,18,19)/p-1. The van der Waals surface area contributed by atoms with Gasteiger partial charge in [-0.3, -0.25) is 9.69 Å². The third-order valence-corrected chi connectivity index (χ3v) is 4.61. The Kier molecular flexibility index (Phi) is 6.15. The molecule has 1 amide bonds. The maximum absolute atomic E-state index is 12.3. The summed E-state index contributed by atoms with van der Waals surface area (Å²) in [6.07, 6.45) is 3.94. The molecule has 0 saturated carbocycles. The van der Waals surface area contributed by atoms with Crippen LogP contribution in [0, 0.1) is 0 Å². The molecule has 6 heteroatoms. The number of hydrogen-bond donors (Lipinski definition) is 0. The van der Waals surface area contributed by atoms with E-state index in [1.54, 1.807) is 4.90 Å². The second-order valence-corrected chi connectivity index (χ2v) is 6.60. The number of thioether (sulfide) groups is 1. The molecule has 4 nitrogen and oxygen atoms in total. The number of hydrogen-bond acceptors (Lipinski definition) is 5. The van der Waals surface area contributed by atoms with Crippen molar-refractivity contribution in [2.24, 2.45) is 0 Å². The van der Waals surface area contributed by atoms with Gasteiger partial charge in [0.1, 0.15) is 4.32 Å². The fourth-order valence-electron chi connectivity index (χ4n) is 2.11. The number of carbonyl (C=O) groups is 2. The van der Waals surface area contributed by atoms with E-state index in [1.807, 2.05) is 36.4 Å². The molecule has 1 saturated heterocycles. The molecule has 1 aromatic carbocycles. The number of aliphatic carboxylic acids is 1. The number of benzene rings is 1. The van der Waals surface area contributed by atoms with E-state index in [-0.39, 0.29) is 12.3 Å². The monoisotopic (exact) mass is 334 g/mol. The highest BCUT2D eigenvalue weighted by Crippen LogP contribution is 2.32. The molecule has 0 aliphatic carbocycles. The first-order chi connectivity index (χ1) is 10.6. The molecule has 0 unspecified atom stereocenters. The van der Waals surface area contributed by atoms with E-state index in [0.717, 1.165) is 18.4 Å². The average molecular weight is 334 g/mol. The lowest BCUT2D eigenvalue weighted by molar-refractivity contribution is -0.305. The SMILES string of the molecule is O=C([O-])CCCCCN1C(=O)C(=Cc2ccccc2)SC1=S. The van der Waals surface area contributed by atoms with Gasteiger partial charge in [0.2, 0.25) is 0 Å². The lowest BCUT2D eigenvalue weighted by atomic mass is 10.2. The molecule has 22 heavy (non-hydrogen) atoms. The Morgan fingerprint density at radius 1 is 1.23 bits per heavy atom. The molecular weight excluding hydrogens is 318 g/mol. The number of amides is 1. The number of nitrogens with zero attached hydrogens (tertiary/aromatic N) is 1. The van der Waals surface area contributed by atoms with Gasteiger partial charge in [-0.2, -0.15) is 0 Å². The van der Waals surface area contributed by atoms with Gasteiger partial charge in [-0.25, -0.2) is 0 Å². The summed E-state index contributed by atoms with van der Waals surface area (Å²) in [4.78, 5) is 24.9. The maximum atomic E-state index is 12.3. The summed E-state index contributed by atoms with van der Waals surface area (Å²) in [6.45, 7) is 0.532. The van der Waals surface area contributed by atoms with Crippen LogP contribution >= 0.6 is 24.0 Å². The molecule has 0 N–H and O–H groups in total. The summed E-state index contributed by atoms with van der Waals surface area (Å²) in [7, 11) is 0. The van der Waals surface area contributed by atoms with Crippen molar-refractivity contribution >= 4 is 46.3 Å². The largest absolute Gasteiger partial charge is 0.550 e. The second kappa shape index (κ2) is 8.10. The Labute approximate surface area is 139 Å². The smallest absolute Gasteiger partial charge is 0.266 e. The summed E-state index contributed by atoms with van der Waals surface area (Å²) in [5, 5.41) is 10.3. The van der Waals surface area contributed by atoms with E-state index in [1.165, 1.54) is 11.8 Å². The van der Waals surface area contributed by atoms with Gasteiger partial charge in [0.15, 0.2) is 0 Å². The Hall–Kier alpha value is -1.66. The molecule has 0 aromatic heterocycles. The van der Waals surface area contributed by atoms with Gasteiger partial charge in [0.25, 0.3) is 5.91 Å². The van der Waals surface area contributed by atoms with Crippen LogP contribution in [-0.2, 0) is 9.59 Å². The highest BCUT2D eigenvalue weighted by molar-refractivity contribution is 8.26. The van der Waals surface area contributed by atoms with Gasteiger partial charge in [0.05, 0.1) is 4.91 Å². The fourth-order valence-corrected chi connectivity index (χ4v) is 3.42. The zero-order valence-electron chi connectivity index (χ0n) is 12.0.